The number of carbonyl (C=O) groups excluding carboxylic acids is 2. The van der Waals surface area contributed by atoms with Crippen LogP contribution in [0.2, 0.25) is 0 Å². The van der Waals surface area contributed by atoms with Crippen LogP contribution in [-0.4, -0.2) is 60.4 Å². The predicted octanol–water partition coefficient (Wildman–Crippen LogP) is 0.845. The van der Waals surface area contributed by atoms with Crippen molar-refractivity contribution in [2.45, 2.75) is 43.9 Å². The molecule has 21 heavy (non-hydrogen) atoms. The van der Waals surface area contributed by atoms with Crippen molar-refractivity contribution in [3.63, 3.8) is 0 Å². The molecule has 0 aromatic heterocycles. The van der Waals surface area contributed by atoms with Crippen molar-refractivity contribution in [3.8, 4) is 0 Å². The number of nitrogens with one attached hydrogen (secondary N) is 2. The van der Waals surface area contributed by atoms with E-state index in [1.165, 1.54) is 0 Å². The molecule has 0 aromatic rings. The molecule has 6 heteroatoms. The fraction of sp³-hybridized carbons (Fsp3) is 0.867. The van der Waals surface area contributed by atoms with Crippen LogP contribution in [0, 0.1) is 5.92 Å². The average molecular weight is 313 g/mol. The van der Waals surface area contributed by atoms with Gasteiger partial charge >= 0.3 is 0 Å². The maximum atomic E-state index is 12.2. The zero-order valence-corrected chi connectivity index (χ0v) is 13.9. The van der Waals surface area contributed by atoms with Crippen LogP contribution in [0.5, 0.6) is 0 Å². The second kappa shape index (κ2) is 8.03. The Morgan fingerprint density at radius 1 is 1.38 bits per heavy atom. The van der Waals surface area contributed by atoms with Gasteiger partial charge in [0.2, 0.25) is 11.8 Å². The third kappa shape index (κ3) is 4.61. The van der Waals surface area contributed by atoms with Gasteiger partial charge in [0.05, 0.1) is 11.3 Å². The molecule has 2 N–H and O–H groups in total. The molecule has 3 atom stereocenters. The molecule has 3 unspecified atom stereocenters. The summed E-state index contributed by atoms with van der Waals surface area (Å²) in [4.78, 5) is 26.2. The number of amides is 2. The standard InChI is InChI=1S/C15H27N3O2S/c1-11(21-2)15(20)18-8-4-5-12(10-18)9-17-14(19)13-6-3-7-16-13/h11-13,16H,3-10H2,1-2H3,(H,17,19). The quantitative estimate of drug-likeness (QED) is 0.790. The molecule has 2 aliphatic heterocycles. The zero-order valence-electron chi connectivity index (χ0n) is 13.1. The molecule has 2 aliphatic rings. The maximum Gasteiger partial charge on any atom is 0.237 e. The molecule has 5 nitrogen and oxygen atoms in total. The predicted molar refractivity (Wildman–Crippen MR) is 86.3 cm³/mol. The van der Waals surface area contributed by atoms with Crippen LogP contribution in [0.15, 0.2) is 0 Å². The zero-order chi connectivity index (χ0) is 15.2. The van der Waals surface area contributed by atoms with Gasteiger partial charge in [0.25, 0.3) is 0 Å². The molecule has 2 fully saturated rings. The Hall–Kier alpha value is -0.750. The summed E-state index contributed by atoms with van der Waals surface area (Å²) in [5.41, 5.74) is 0. The van der Waals surface area contributed by atoms with Crippen molar-refractivity contribution in [2.24, 2.45) is 5.92 Å². The number of piperidine rings is 1. The molecular weight excluding hydrogens is 286 g/mol. The smallest absolute Gasteiger partial charge is 0.237 e. The molecule has 2 amide bonds. The fourth-order valence-corrected chi connectivity index (χ4v) is 3.42. The summed E-state index contributed by atoms with van der Waals surface area (Å²) in [6.45, 7) is 5.23. The van der Waals surface area contributed by atoms with Crippen LogP contribution in [0.25, 0.3) is 0 Å². The van der Waals surface area contributed by atoms with E-state index >= 15 is 0 Å². The second-order valence-electron chi connectivity index (χ2n) is 6.06. The number of thioether (sulfide) groups is 1. The topological polar surface area (TPSA) is 61.4 Å². The monoisotopic (exact) mass is 313 g/mol. The Bertz CT molecular complexity index is 372. The molecule has 2 rings (SSSR count). The van der Waals surface area contributed by atoms with Crippen molar-refractivity contribution in [3.05, 3.63) is 0 Å². The minimum Gasteiger partial charge on any atom is -0.354 e. The molecule has 2 saturated heterocycles. The number of rotatable bonds is 5. The molecular formula is C15H27N3O2S. The van der Waals surface area contributed by atoms with E-state index < -0.39 is 0 Å². The normalized spacial score (nSPS) is 27.4. The Morgan fingerprint density at radius 2 is 2.19 bits per heavy atom. The summed E-state index contributed by atoms with van der Waals surface area (Å²) < 4.78 is 0. The van der Waals surface area contributed by atoms with E-state index in [0.29, 0.717) is 12.5 Å². The van der Waals surface area contributed by atoms with Gasteiger partial charge in [-0.25, -0.2) is 0 Å². The van der Waals surface area contributed by atoms with Crippen LogP contribution in [0.4, 0.5) is 0 Å². The third-order valence-electron chi connectivity index (χ3n) is 4.47. The highest BCUT2D eigenvalue weighted by atomic mass is 32.2. The first kappa shape index (κ1) is 16.6. The van der Waals surface area contributed by atoms with Gasteiger partial charge in [0, 0.05) is 19.6 Å². The van der Waals surface area contributed by atoms with Crippen LogP contribution in [-0.2, 0) is 9.59 Å². The van der Waals surface area contributed by atoms with E-state index in [0.717, 1.165) is 45.3 Å². The van der Waals surface area contributed by atoms with E-state index in [9.17, 15) is 9.59 Å². The lowest BCUT2D eigenvalue weighted by Gasteiger charge is -2.34. The van der Waals surface area contributed by atoms with Gasteiger partial charge in [-0.15, -0.1) is 0 Å². The lowest BCUT2D eigenvalue weighted by atomic mass is 9.97. The largest absolute Gasteiger partial charge is 0.354 e. The summed E-state index contributed by atoms with van der Waals surface area (Å²) in [5, 5.41) is 6.30. The minimum atomic E-state index is -0.0113. The van der Waals surface area contributed by atoms with E-state index in [4.69, 9.17) is 0 Å². The molecule has 2 heterocycles. The molecule has 120 valence electrons. The Morgan fingerprint density at radius 3 is 2.86 bits per heavy atom. The van der Waals surface area contributed by atoms with E-state index in [-0.39, 0.29) is 23.1 Å². The summed E-state index contributed by atoms with van der Waals surface area (Å²) in [6.07, 6.45) is 6.12. The maximum absolute atomic E-state index is 12.2. The highest BCUT2D eigenvalue weighted by Gasteiger charge is 2.27. The van der Waals surface area contributed by atoms with Gasteiger partial charge in [-0.2, -0.15) is 11.8 Å². The Balaban J connectivity index is 1.76. The lowest BCUT2D eigenvalue weighted by Crippen LogP contribution is -2.48. The summed E-state index contributed by atoms with van der Waals surface area (Å²) in [5.74, 6) is 0.742. The molecule has 0 spiro atoms. The second-order valence-corrected chi connectivity index (χ2v) is 7.24. The van der Waals surface area contributed by atoms with Gasteiger partial charge in [-0.05, 0) is 51.3 Å². The summed E-state index contributed by atoms with van der Waals surface area (Å²) in [7, 11) is 0. The van der Waals surface area contributed by atoms with E-state index in [2.05, 4.69) is 10.6 Å². The van der Waals surface area contributed by atoms with Gasteiger partial charge in [-0.1, -0.05) is 0 Å². The van der Waals surface area contributed by atoms with Crippen LogP contribution >= 0.6 is 11.8 Å². The van der Waals surface area contributed by atoms with Crippen LogP contribution in [0.3, 0.4) is 0 Å². The van der Waals surface area contributed by atoms with E-state index in [1.54, 1.807) is 11.8 Å². The van der Waals surface area contributed by atoms with Gasteiger partial charge in [0.15, 0.2) is 0 Å². The number of carbonyl (C=O) groups is 2. The van der Waals surface area contributed by atoms with Crippen LogP contribution in [0.1, 0.15) is 32.6 Å². The number of likely N-dealkylation sites (tertiary alicyclic amines) is 1. The average Bonchev–Trinajstić information content (AvgIpc) is 3.05. The highest BCUT2D eigenvalue weighted by Crippen LogP contribution is 2.19. The summed E-state index contributed by atoms with van der Waals surface area (Å²) in [6, 6.07) is -0.0113. The number of hydrogen-bond acceptors (Lipinski definition) is 4. The molecule has 0 aromatic carbocycles. The molecule has 0 saturated carbocycles. The number of nitrogens with zero attached hydrogens (tertiary/aromatic N) is 1. The SMILES string of the molecule is CSC(C)C(=O)N1CCCC(CNC(=O)C2CCCN2)C1. The lowest BCUT2D eigenvalue weighted by molar-refractivity contribution is -0.132. The van der Waals surface area contributed by atoms with Crippen molar-refractivity contribution < 1.29 is 9.59 Å². The van der Waals surface area contributed by atoms with Gasteiger partial charge in [-0.3, -0.25) is 9.59 Å². The third-order valence-corrected chi connectivity index (χ3v) is 5.38. The van der Waals surface area contributed by atoms with Crippen molar-refractivity contribution in [2.75, 3.05) is 32.4 Å². The number of hydrogen-bond donors (Lipinski definition) is 2. The Kier molecular flexibility index (Phi) is 6.36. The first-order valence-electron chi connectivity index (χ1n) is 7.94. The first-order chi connectivity index (χ1) is 10.1. The molecule has 0 bridgehead atoms. The van der Waals surface area contributed by atoms with E-state index in [1.807, 2.05) is 18.1 Å². The highest BCUT2D eigenvalue weighted by molar-refractivity contribution is 7.99. The molecule has 0 radical (unpaired) electrons. The van der Waals surface area contributed by atoms with Crippen molar-refractivity contribution in [1.82, 2.24) is 15.5 Å². The Labute approximate surface area is 131 Å². The first-order valence-corrected chi connectivity index (χ1v) is 9.23. The van der Waals surface area contributed by atoms with Crippen molar-refractivity contribution in [1.29, 1.82) is 0 Å². The fourth-order valence-electron chi connectivity index (χ4n) is 3.07. The van der Waals surface area contributed by atoms with Crippen molar-refractivity contribution >= 4 is 23.6 Å². The molecule has 0 aliphatic carbocycles. The van der Waals surface area contributed by atoms with Gasteiger partial charge < -0.3 is 15.5 Å². The minimum absolute atomic E-state index is 0.0113. The van der Waals surface area contributed by atoms with Gasteiger partial charge in [0.1, 0.15) is 0 Å². The van der Waals surface area contributed by atoms with Crippen LogP contribution < -0.4 is 10.6 Å². The summed E-state index contributed by atoms with van der Waals surface area (Å²) >= 11 is 1.59.